The van der Waals surface area contributed by atoms with Crippen molar-refractivity contribution in [3.8, 4) is 6.07 Å². The van der Waals surface area contributed by atoms with Gasteiger partial charge in [0, 0.05) is 18.3 Å². The molecule has 4 nitrogen and oxygen atoms in total. The van der Waals surface area contributed by atoms with E-state index in [4.69, 9.17) is 5.26 Å². The Bertz CT molecular complexity index is 533. The fourth-order valence-electron chi connectivity index (χ4n) is 2.92. The summed E-state index contributed by atoms with van der Waals surface area (Å²) in [6, 6.07) is 9.42. The molecule has 112 valence electrons. The zero-order valence-corrected chi connectivity index (χ0v) is 12.8. The Labute approximate surface area is 126 Å². The van der Waals surface area contributed by atoms with Gasteiger partial charge in [0.15, 0.2) is 0 Å². The van der Waals surface area contributed by atoms with Gasteiger partial charge in [0.25, 0.3) is 0 Å². The molecule has 1 heterocycles. The topological polar surface area (TPSA) is 56.1 Å². The summed E-state index contributed by atoms with van der Waals surface area (Å²) in [5, 5.41) is 11.8. The highest BCUT2D eigenvalue weighted by molar-refractivity contribution is 5.89. The first-order valence-electron chi connectivity index (χ1n) is 7.68. The summed E-state index contributed by atoms with van der Waals surface area (Å²) < 4.78 is 0. The fraction of sp³-hybridized carbons (Fsp3) is 0.529. The van der Waals surface area contributed by atoms with Gasteiger partial charge in [-0.05, 0) is 49.8 Å². The van der Waals surface area contributed by atoms with Gasteiger partial charge >= 0.3 is 6.03 Å². The van der Waals surface area contributed by atoms with Crippen LogP contribution in [0.4, 0.5) is 10.5 Å². The van der Waals surface area contributed by atoms with Crippen LogP contribution in [0.2, 0.25) is 0 Å². The molecule has 1 aliphatic heterocycles. The first kappa shape index (κ1) is 15.4. The van der Waals surface area contributed by atoms with Crippen molar-refractivity contribution in [1.82, 2.24) is 4.90 Å². The second kappa shape index (κ2) is 7.12. The van der Waals surface area contributed by atoms with E-state index in [1.807, 2.05) is 11.0 Å². The van der Waals surface area contributed by atoms with Crippen molar-refractivity contribution in [3.05, 3.63) is 29.8 Å². The molecule has 4 heteroatoms. The van der Waals surface area contributed by atoms with Crippen molar-refractivity contribution in [2.45, 2.75) is 45.6 Å². The third-order valence-electron chi connectivity index (χ3n) is 3.87. The number of piperidine rings is 1. The van der Waals surface area contributed by atoms with Gasteiger partial charge in [0.05, 0.1) is 11.6 Å². The maximum absolute atomic E-state index is 12.5. The second-order valence-corrected chi connectivity index (χ2v) is 6.10. The lowest BCUT2D eigenvalue weighted by molar-refractivity contribution is 0.150. The molecule has 21 heavy (non-hydrogen) atoms. The average molecular weight is 285 g/mol. The molecule has 2 rings (SSSR count). The van der Waals surface area contributed by atoms with Crippen molar-refractivity contribution >= 4 is 11.7 Å². The number of carbonyl (C=O) groups excluding carboxylic acids is 1. The molecule has 0 aromatic heterocycles. The average Bonchev–Trinajstić information content (AvgIpc) is 2.47. The molecule has 1 N–H and O–H groups in total. The van der Waals surface area contributed by atoms with Gasteiger partial charge < -0.3 is 10.2 Å². The van der Waals surface area contributed by atoms with Crippen LogP contribution in [-0.2, 0) is 0 Å². The lowest BCUT2D eigenvalue weighted by Crippen LogP contribution is -2.46. The van der Waals surface area contributed by atoms with Crippen LogP contribution >= 0.6 is 0 Å². The van der Waals surface area contributed by atoms with Crippen LogP contribution in [0.25, 0.3) is 0 Å². The number of nitrogens with one attached hydrogen (secondary N) is 1. The van der Waals surface area contributed by atoms with Crippen LogP contribution in [0, 0.1) is 17.2 Å². The van der Waals surface area contributed by atoms with E-state index in [0.29, 0.717) is 23.2 Å². The van der Waals surface area contributed by atoms with Gasteiger partial charge in [0.1, 0.15) is 0 Å². The maximum Gasteiger partial charge on any atom is 0.322 e. The van der Waals surface area contributed by atoms with E-state index in [1.165, 1.54) is 6.42 Å². The van der Waals surface area contributed by atoms with Crippen molar-refractivity contribution in [3.63, 3.8) is 0 Å². The molecule has 0 bridgehead atoms. The molecule has 1 aliphatic rings. The zero-order valence-electron chi connectivity index (χ0n) is 12.8. The number of urea groups is 1. The molecule has 0 saturated carbocycles. The number of benzene rings is 1. The maximum atomic E-state index is 12.5. The fourth-order valence-corrected chi connectivity index (χ4v) is 2.92. The van der Waals surface area contributed by atoms with Crippen LogP contribution in [0.3, 0.4) is 0 Å². The molecule has 1 saturated heterocycles. The van der Waals surface area contributed by atoms with Crippen LogP contribution in [0.5, 0.6) is 0 Å². The number of nitrogens with zero attached hydrogens (tertiary/aromatic N) is 2. The Hall–Kier alpha value is -2.02. The lowest BCUT2D eigenvalue weighted by Gasteiger charge is -2.36. The van der Waals surface area contributed by atoms with E-state index < -0.39 is 0 Å². The molecular formula is C17H23N3O. The van der Waals surface area contributed by atoms with Crippen LogP contribution in [-0.4, -0.2) is 23.5 Å². The highest BCUT2D eigenvalue weighted by Gasteiger charge is 2.27. The van der Waals surface area contributed by atoms with Gasteiger partial charge in [0.2, 0.25) is 0 Å². The van der Waals surface area contributed by atoms with E-state index in [1.54, 1.807) is 18.2 Å². The monoisotopic (exact) mass is 285 g/mol. The van der Waals surface area contributed by atoms with Gasteiger partial charge in [-0.15, -0.1) is 0 Å². The van der Waals surface area contributed by atoms with Crippen LogP contribution in [0.1, 0.15) is 45.1 Å². The Morgan fingerprint density at radius 3 is 3.00 bits per heavy atom. The predicted octanol–water partition coefficient (Wildman–Crippen LogP) is 3.99. The number of rotatable bonds is 3. The zero-order chi connectivity index (χ0) is 15.2. The summed E-state index contributed by atoms with van der Waals surface area (Å²) in [4.78, 5) is 14.5. The van der Waals surface area contributed by atoms with Crippen molar-refractivity contribution in [2.24, 2.45) is 5.92 Å². The largest absolute Gasteiger partial charge is 0.322 e. The molecule has 1 aromatic rings. The Morgan fingerprint density at radius 1 is 1.48 bits per heavy atom. The van der Waals surface area contributed by atoms with Gasteiger partial charge in [-0.25, -0.2) is 4.79 Å². The minimum Gasteiger partial charge on any atom is -0.322 e. The first-order valence-corrected chi connectivity index (χ1v) is 7.68. The molecule has 0 unspecified atom stereocenters. The Kier molecular flexibility index (Phi) is 5.21. The number of hydrogen-bond donors (Lipinski definition) is 1. The quantitative estimate of drug-likeness (QED) is 0.912. The lowest BCUT2D eigenvalue weighted by atomic mass is 9.94. The van der Waals surface area contributed by atoms with E-state index in [-0.39, 0.29) is 6.03 Å². The van der Waals surface area contributed by atoms with E-state index in [0.717, 1.165) is 25.8 Å². The second-order valence-electron chi connectivity index (χ2n) is 6.10. The van der Waals surface area contributed by atoms with Crippen molar-refractivity contribution in [2.75, 3.05) is 11.9 Å². The third-order valence-corrected chi connectivity index (χ3v) is 3.87. The van der Waals surface area contributed by atoms with E-state index in [2.05, 4.69) is 25.2 Å². The van der Waals surface area contributed by atoms with E-state index >= 15 is 0 Å². The van der Waals surface area contributed by atoms with Crippen molar-refractivity contribution in [1.29, 1.82) is 5.26 Å². The highest BCUT2D eigenvalue weighted by Crippen LogP contribution is 2.23. The molecule has 0 radical (unpaired) electrons. The summed E-state index contributed by atoms with van der Waals surface area (Å²) in [6.07, 6.45) is 4.40. The summed E-state index contributed by atoms with van der Waals surface area (Å²) in [5.41, 5.74) is 1.25. The van der Waals surface area contributed by atoms with Gasteiger partial charge in [-0.1, -0.05) is 19.9 Å². The molecule has 1 fully saturated rings. The first-order chi connectivity index (χ1) is 10.1. The summed E-state index contributed by atoms with van der Waals surface area (Å²) in [7, 11) is 0. The normalized spacial score (nSPS) is 18.4. The smallest absolute Gasteiger partial charge is 0.322 e. The van der Waals surface area contributed by atoms with Gasteiger partial charge in [-0.2, -0.15) is 5.26 Å². The summed E-state index contributed by atoms with van der Waals surface area (Å²) in [6.45, 7) is 5.21. The standard InChI is InChI=1S/C17H23N3O/c1-13(2)10-16-8-3-4-9-20(16)17(21)19-15-7-5-6-14(11-15)12-18/h5-7,11,13,16H,3-4,8-10H2,1-2H3,(H,19,21)/t16-/m1/s1. The number of anilines is 1. The van der Waals surface area contributed by atoms with Crippen LogP contribution in [0.15, 0.2) is 24.3 Å². The number of amides is 2. The molecule has 0 aliphatic carbocycles. The van der Waals surface area contributed by atoms with E-state index in [9.17, 15) is 4.79 Å². The van der Waals surface area contributed by atoms with Crippen molar-refractivity contribution < 1.29 is 4.79 Å². The van der Waals surface area contributed by atoms with Gasteiger partial charge in [-0.3, -0.25) is 0 Å². The minimum absolute atomic E-state index is 0.0459. The molecule has 1 aromatic carbocycles. The molecular weight excluding hydrogens is 262 g/mol. The molecule has 0 spiro atoms. The number of carbonyl (C=O) groups is 1. The highest BCUT2D eigenvalue weighted by atomic mass is 16.2. The van der Waals surface area contributed by atoms with Crippen LogP contribution < -0.4 is 5.32 Å². The minimum atomic E-state index is -0.0459. The number of likely N-dealkylation sites (tertiary alicyclic amines) is 1. The third kappa shape index (κ3) is 4.22. The summed E-state index contributed by atoms with van der Waals surface area (Å²) >= 11 is 0. The molecule has 1 atom stereocenters. The number of hydrogen-bond acceptors (Lipinski definition) is 2. The number of nitriles is 1. The Balaban J connectivity index is 2.04. The predicted molar refractivity (Wildman–Crippen MR) is 84.0 cm³/mol. The SMILES string of the molecule is CC(C)C[C@H]1CCCCN1C(=O)Nc1cccc(C#N)c1. The molecule has 2 amide bonds. The summed E-state index contributed by atoms with van der Waals surface area (Å²) in [5.74, 6) is 0.588. The Morgan fingerprint density at radius 2 is 2.29 bits per heavy atom.